The standard InChI is InChI=1S/C18H22ClNO/c1-14(2)21-17-11-9-16(10-12-17)20-13-5-7-15-6-3-4-8-18(15)19/h3-4,6,8-12,14,20H,5,7,13H2,1-2H3. The van der Waals surface area contributed by atoms with Crippen LogP contribution in [0.1, 0.15) is 25.8 Å². The van der Waals surface area contributed by atoms with Crippen molar-refractivity contribution in [1.29, 1.82) is 0 Å². The van der Waals surface area contributed by atoms with Crippen molar-refractivity contribution < 1.29 is 4.74 Å². The number of hydrogen-bond donors (Lipinski definition) is 1. The molecule has 0 aliphatic rings. The monoisotopic (exact) mass is 303 g/mol. The molecule has 0 aliphatic heterocycles. The molecule has 0 fully saturated rings. The molecule has 3 heteroatoms. The van der Waals surface area contributed by atoms with Gasteiger partial charge in [-0.1, -0.05) is 29.8 Å². The molecule has 0 saturated carbocycles. The molecule has 0 heterocycles. The summed E-state index contributed by atoms with van der Waals surface area (Å²) in [6.07, 6.45) is 2.24. The van der Waals surface area contributed by atoms with Gasteiger partial charge in [0.2, 0.25) is 0 Å². The highest BCUT2D eigenvalue weighted by Gasteiger charge is 2.00. The number of nitrogens with one attached hydrogen (secondary N) is 1. The minimum atomic E-state index is 0.208. The highest BCUT2D eigenvalue weighted by molar-refractivity contribution is 6.31. The van der Waals surface area contributed by atoms with E-state index in [0.717, 1.165) is 35.8 Å². The molecule has 1 N–H and O–H groups in total. The van der Waals surface area contributed by atoms with Gasteiger partial charge in [0.1, 0.15) is 5.75 Å². The number of hydrogen-bond acceptors (Lipinski definition) is 2. The number of rotatable bonds is 7. The molecule has 2 rings (SSSR count). The summed E-state index contributed by atoms with van der Waals surface area (Å²) in [7, 11) is 0. The van der Waals surface area contributed by atoms with Crippen LogP contribution in [0.15, 0.2) is 48.5 Å². The predicted octanol–water partition coefficient (Wildman–Crippen LogP) is 5.17. The Balaban J connectivity index is 1.75. The lowest BCUT2D eigenvalue weighted by Gasteiger charge is -2.11. The number of aryl methyl sites for hydroxylation is 1. The Bertz CT molecular complexity index is 551. The molecule has 0 bridgehead atoms. The third-order valence-electron chi connectivity index (χ3n) is 3.14. The van der Waals surface area contributed by atoms with Crippen molar-refractivity contribution in [2.24, 2.45) is 0 Å². The summed E-state index contributed by atoms with van der Waals surface area (Å²) in [6.45, 7) is 4.98. The molecule has 2 aromatic carbocycles. The Morgan fingerprint density at radius 2 is 1.76 bits per heavy atom. The van der Waals surface area contributed by atoms with Gasteiger partial charge in [-0.3, -0.25) is 0 Å². The number of benzene rings is 2. The van der Waals surface area contributed by atoms with Crippen molar-refractivity contribution in [2.45, 2.75) is 32.8 Å². The SMILES string of the molecule is CC(C)Oc1ccc(NCCCc2ccccc2Cl)cc1. The smallest absolute Gasteiger partial charge is 0.119 e. The molecule has 0 spiro atoms. The van der Waals surface area contributed by atoms with Crippen LogP contribution in [0.3, 0.4) is 0 Å². The van der Waals surface area contributed by atoms with E-state index in [-0.39, 0.29) is 6.10 Å². The van der Waals surface area contributed by atoms with Crippen LogP contribution in [0.25, 0.3) is 0 Å². The Labute approximate surface area is 132 Å². The van der Waals surface area contributed by atoms with E-state index in [0.29, 0.717) is 0 Å². The zero-order valence-corrected chi connectivity index (χ0v) is 13.4. The van der Waals surface area contributed by atoms with Crippen molar-refractivity contribution in [3.8, 4) is 5.75 Å². The summed E-state index contributed by atoms with van der Waals surface area (Å²) in [5, 5.41) is 4.27. The lowest BCUT2D eigenvalue weighted by atomic mass is 10.1. The van der Waals surface area contributed by atoms with Crippen LogP contribution in [0.5, 0.6) is 5.75 Å². The van der Waals surface area contributed by atoms with Crippen molar-refractivity contribution in [3.05, 3.63) is 59.1 Å². The summed E-state index contributed by atoms with van der Waals surface area (Å²) >= 11 is 6.14. The molecule has 0 aromatic heterocycles. The summed E-state index contributed by atoms with van der Waals surface area (Å²) in [4.78, 5) is 0. The molecule has 21 heavy (non-hydrogen) atoms. The van der Waals surface area contributed by atoms with Crippen LogP contribution in [-0.4, -0.2) is 12.6 Å². The highest BCUT2D eigenvalue weighted by Crippen LogP contribution is 2.18. The maximum atomic E-state index is 6.14. The van der Waals surface area contributed by atoms with E-state index in [1.54, 1.807) is 0 Å². The van der Waals surface area contributed by atoms with Gasteiger partial charge in [-0.05, 0) is 62.6 Å². The average molecular weight is 304 g/mol. The summed E-state index contributed by atoms with van der Waals surface area (Å²) in [5.41, 5.74) is 2.33. The molecule has 0 atom stereocenters. The zero-order chi connectivity index (χ0) is 15.1. The maximum Gasteiger partial charge on any atom is 0.119 e. The fourth-order valence-electron chi connectivity index (χ4n) is 2.14. The van der Waals surface area contributed by atoms with Crippen molar-refractivity contribution >= 4 is 17.3 Å². The fourth-order valence-corrected chi connectivity index (χ4v) is 2.37. The van der Waals surface area contributed by atoms with Gasteiger partial charge in [0.05, 0.1) is 6.10 Å². The Morgan fingerprint density at radius 3 is 2.43 bits per heavy atom. The maximum absolute atomic E-state index is 6.14. The number of ether oxygens (including phenoxy) is 1. The molecule has 112 valence electrons. The first kappa shape index (κ1) is 15.7. The second kappa shape index (κ2) is 7.94. The van der Waals surface area contributed by atoms with Gasteiger partial charge in [-0.25, -0.2) is 0 Å². The molecule has 0 unspecified atom stereocenters. The van der Waals surface area contributed by atoms with Gasteiger partial charge in [-0.2, -0.15) is 0 Å². The molecule has 2 nitrogen and oxygen atoms in total. The molecule has 0 radical (unpaired) electrons. The van der Waals surface area contributed by atoms with Gasteiger partial charge in [0.25, 0.3) is 0 Å². The molecular formula is C18H22ClNO. The van der Waals surface area contributed by atoms with Crippen LogP contribution in [-0.2, 0) is 6.42 Å². The van der Waals surface area contributed by atoms with Crippen molar-refractivity contribution in [2.75, 3.05) is 11.9 Å². The molecular weight excluding hydrogens is 282 g/mol. The molecule has 0 amide bonds. The van der Waals surface area contributed by atoms with E-state index in [1.807, 2.05) is 56.3 Å². The minimum absolute atomic E-state index is 0.208. The van der Waals surface area contributed by atoms with Crippen LogP contribution >= 0.6 is 11.6 Å². The number of anilines is 1. The Morgan fingerprint density at radius 1 is 1.05 bits per heavy atom. The number of halogens is 1. The van der Waals surface area contributed by atoms with Crippen LogP contribution in [0, 0.1) is 0 Å². The fraction of sp³-hybridized carbons (Fsp3) is 0.333. The largest absolute Gasteiger partial charge is 0.491 e. The van der Waals surface area contributed by atoms with Gasteiger partial charge in [0, 0.05) is 17.3 Å². The van der Waals surface area contributed by atoms with E-state index in [4.69, 9.17) is 16.3 Å². The first-order valence-corrected chi connectivity index (χ1v) is 7.77. The lowest BCUT2D eigenvalue weighted by molar-refractivity contribution is 0.242. The van der Waals surface area contributed by atoms with E-state index < -0.39 is 0 Å². The summed E-state index contributed by atoms with van der Waals surface area (Å²) < 4.78 is 5.62. The van der Waals surface area contributed by atoms with Gasteiger partial charge < -0.3 is 10.1 Å². The second-order valence-corrected chi connectivity index (χ2v) is 5.72. The van der Waals surface area contributed by atoms with Gasteiger partial charge in [0.15, 0.2) is 0 Å². The van der Waals surface area contributed by atoms with E-state index in [2.05, 4.69) is 11.4 Å². The van der Waals surface area contributed by atoms with Gasteiger partial charge >= 0.3 is 0 Å². The minimum Gasteiger partial charge on any atom is -0.491 e. The molecule has 0 aliphatic carbocycles. The van der Waals surface area contributed by atoms with E-state index in [9.17, 15) is 0 Å². The average Bonchev–Trinajstić information content (AvgIpc) is 2.46. The van der Waals surface area contributed by atoms with Crippen LogP contribution < -0.4 is 10.1 Å². The quantitative estimate of drug-likeness (QED) is 0.712. The first-order chi connectivity index (χ1) is 10.1. The topological polar surface area (TPSA) is 21.3 Å². The molecule has 2 aromatic rings. The van der Waals surface area contributed by atoms with Crippen LogP contribution in [0.2, 0.25) is 5.02 Å². The Kier molecular flexibility index (Phi) is 5.94. The third kappa shape index (κ3) is 5.31. The van der Waals surface area contributed by atoms with Crippen molar-refractivity contribution in [1.82, 2.24) is 0 Å². The van der Waals surface area contributed by atoms with Gasteiger partial charge in [-0.15, -0.1) is 0 Å². The second-order valence-electron chi connectivity index (χ2n) is 5.31. The Hall–Kier alpha value is -1.67. The normalized spacial score (nSPS) is 10.7. The summed E-state index contributed by atoms with van der Waals surface area (Å²) in [6, 6.07) is 16.1. The molecule has 0 saturated heterocycles. The third-order valence-corrected chi connectivity index (χ3v) is 3.50. The van der Waals surface area contributed by atoms with Crippen molar-refractivity contribution in [3.63, 3.8) is 0 Å². The summed E-state index contributed by atoms with van der Waals surface area (Å²) in [5.74, 6) is 0.909. The van der Waals surface area contributed by atoms with Crippen LogP contribution in [0.4, 0.5) is 5.69 Å². The first-order valence-electron chi connectivity index (χ1n) is 7.39. The lowest BCUT2D eigenvalue weighted by Crippen LogP contribution is -2.06. The van der Waals surface area contributed by atoms with E-state index >= 15 is 0 Å². The van der Waals surface area contributed by atoms with E-state index in [1.165, 1.54) is 5.56 Å². The zero-order valence-electron chi connectivity index (χ0n) is 12.6. The predicted molar refractivity (Wildman–Crippen MR) is 90.5 cm³/mol. The highest BCUT2D eigenvalue weighted by atomic mass is 35.5.